The predicted octanol–water partition coefficient (Wildman–Crippen LogP) is 3.09. The van der Waals surface area contributed by atoms with E-state index in [1.165, 1.54) is 5.56 Å². The average molecular weight is 303 g/mol. The van der Waals surface area contributed by atoms with E-state index < -0.39 is 0 Å². The van der Waals surface area contributed by atoms with Crippen molar-refractivity contribution in [3.63, 3.8) is 0 Å². The minimum absolute atomic E-state index is 0.243. The van der Waals surface area contributed by atoms with Gasteiger partial charge in [-0.1, -0.05) is 35.3 Å². The third kappa shape index (κ3) is 2.83. The summed E-state index contributed by atoms with van der Waals surface area (Å²) in [5, 5.41) is 3.56. The van der Waals surface area contributed by atoms with Crippen molar-refractivity contribution >= 4 is 28.6 Å². The Morgan fingerprint density at radius 2 is 2.00 bits per heavy atom. The number of nitrogens with one attached hydrogen (secondary N) is 2. The minimum Gasteiger partial charge on any atom is -0.363 e. The van der Waals surface area contributed by atoms with Crippen LogP contribution in [0.3, 0.4) is 0 Å². The van der Waals surface area contributed by atoms with Gasteiger partial charge in [0, 0.05) is 6.54 Å². The van der Waals surface area contributed by atoms with Gasteiger partial charge in [-0.05, 0) is 31.0 Å². The van der Waals surface area contributed by atoms with Crippen molar-refractivity contribution in [3.05, 3.63) is 47.5 Å². The van der Waals surface area contributed by atoms with Gasteiger partial charge < -0.3 is 5.32 Å². The van der Waals surface area contributed by atoms with Crippen molar-refractivity contribution in [3.8, 4) is 0 Å². The number of halogens is 1. The topological polar surface area (TPSA) is 57.5 Å². The van der Waals surface area contributed by atoms with Gasteiger partial charge in [0.1, 0.15) is 0 Å². The van der Waals surface area contributed by atoms with Gasteiger partial charge in [0.15, 0.2) is 12.1 Å². The quantitative estimate of drug-likeness (QED) is 0.575. The number of anilines is 1. The Hall–Kier alpha value is -2.14. The molecule has 2 N–H and O–H groups in total. The molecule has 0 aliphatic heterocycles. The summed E-state index contributed by atoms with van der Waals surface area (Å²) in [6.07, 6.45) is 1.90. The fourth-order valence-electron chi connectivity index (χ4n) is 2.24. The highest BCUT2D eigenvalue weighted by Gasteiger charge is 2.20. The molecule has 3 rings (SSSR count). The maximum atomic E-state index is 6.05. The molecule has 0 fully saturated rings. The molecule has 0 atom stereocenters. The van der Waals surface area contributed by atoms with Crippen molar-refractivity contribution in [2.45, 2.75) is 26.4 Å². The van der Waals surface area contributed by atoms with E-state index in [1.807, 2.05) is 29.1 Å². The van der Waals surface area contributed by atoms with E-state index in [0.29, 0.717) is 18.4 Å². The Morgan fingerprint density at radius 3 is 2.71 bits per heavy atom. The lowest BCUT2D eigenvalue weighted by Crippen LogP contribution is -2.35. The minimum atomic E-state index is 0.243. The van der Waals surface area contributed by atoms with Crippen LogP contribution in [0.15, 0.2) is 36.7 Å². The highest BCUT2D eigenvalue weighted by atomic mass is 35.5. The van der Waals surface area contributed by atoms with Gasteiger partial charge in [0.25, 0.3) is 0 Å². The van der Waals surface area contributed by atoms with Crippen molar-refractivity contribution in [2.24, 2.45) is 0 Å². The molecule has 1 aromatic carbocycles. The Kier molecular flexibility index (Phi) is 3.75. The zero-order chi connectivity index (χ0) is 14.8. The number of imidazole rings is 1. The van der Waals surface area contributed by atoms with Gasteiger partial charge in [0.2, 0.25) is 5.52 Å². The molecule has 0 saturated carbocycles. The number of H-pyrrole nitrogens is 1. The van der Waals surface area contributed by atoms with Crippen LogP contribution in [0.1, 0.15) is 25.5 Å². The molecule has 108 valence electrons. The van der Waals surface area contributed by atoms with Crippen molar-refractivity contribution < 1.29 is 4.57 Å². The van der Waals surface area contributed by atoms with Crippen LogP contribution < -0.4 is 9.88 Å². The van der Waals surface area contributed by atoms with Crippen LogP contribution in [0.25, 0.3) is 11.2 Å². The zero-order valence-electron chi connectivity index (χ0n) is 12.0. The second kappa shape index (κ2) is 5.69. The molecule has 0 aliphatic carbocycles. The third-order valence-electron chi connectivity index (χ3n) is 3.31. The van der Waals surface area contributed by atoms with Gasteiger partial charge in [-0.15, -0.1) is 0 Å². The van der Waals surface area contributed by atoms with E-state index >= 15 is 0 Å². The van der Waals surface area contributed by atoms with E-state index in [1.54, 1.807) is 0 Å². The lowest BCUT2D eigenvalue weighted by Gasteiger charge is -2.05. The van der Waals surface area contributed by atoms with Crippen LogP contribution in [-0.2, 0) is 6.54 Å². The fourth-order valence-corrected chi connectivity index (χ4v) is 2.41. The summed E-state index contributed by atoms with van der Waals surface area (Å²) in [5.74, 6) is 0.716. The van der Waals surface area contributed by atoms with Crippen LogP contribution >= 0.6 is 11.6 Å². The number of hydrogen-bond acceptors (Lipinski definition) is 3. The van der Waals surface area contributed by atoms with Crippen molar-refractivity contribution in [1.82, 2.24) is 15.0 Å². The number of aromatic amines is 1. The molecule has 0 radical (unpaired) electrons. The van der Waals surface area contributed by atoms with E-state index in [-0.39, 0.29) is 5.28 Å². The van der Waals surface area contributed by atoms with E-state index in [2.05, 4.69) is 46.2 Å². The first kappa shape index (κ1) is 13.8. The number of rotatable bonds is 4. The molecule has 3 aromatic rings. The maximum absolute atomic E-state index is 6.05. The van der Waals surface area contributed by atoms with Crippen LogP contribution in [0, 0.1) is 0 Å². The zero-order valence-corrected chi connectivity index (χ0v) is 12.7. The van der Waals surface area contributed by atoms with Gasteiger partial charge in [0.05, 0.1) is 6.04 Å². The first-order chi connectivity index (χ1) is 10.1. The molecule has 0 aliphatic rings. The number of aromatic nitrogens is 4. The SMILES string of the molecule is CC(C)[n+]1c[nH]c2c(NCc3ccccc3)nc(Cl)nc21. The van der Waals surface area contributed by atoms with Crippen LogP contribution in [-0.4, -0.2) is 15.0 Å². The van der Waals surface area contributed by atoms with Crippen molar-refractivity contribution in [2.75, 3.05) is 5.32 Å². The molecular formula is C15H17ClN5+. The highest BCUT2D eigenvalue weighted by molar-refractivity contribution is 6.28. The molecule has 6 heteroatoms. The molecule has 0 saturated heterocycles. The largest absolute Gasteiger partial charge is 0.363 e. The molecule has 5 nitrogen and oxygen atoms in total. The normalized spacial score (nSPS) is 11.2. The lowest BCUT2D eigenvalue weighted by atomic mass is 10.2. The highest BCUT2D eigenvalue weighted by Crippen LogP contribution is 2.19. The second-order valence-electron chi connectivity index (χ2n) is 5.15. The van der Waals surface area contributed by atoms with Crippen molar-refractivity contribution in [1.29, 1.82) is 0 Å². The molecule has 2 aromatic heterocycles. The van der Waals surface area contributed by atoms with Gasteiger partial charge >= 0.3 is 10.9 Å². The molecule has 0 amide bonds. The summed E-state index contributed by atoms with van der Waals surface area (Å²) in [4.78, 5) is 11.8. The molecule has 21 heavy (non-hydrogen) atoms. The number of benzene rings is 1. The molecule has 0 bridgehead atoms. The summed E-state index contributed by atoms with van der Waals surface area (Å²) in [6.45, 7) is 4.88. The first-order valence-corrected chi connectivity index (χ1v) is 7.26. The van der Waals surface area contributed by atoms with Crippen LogP contribution in [0.4, 0.5) is 5.82 Å². The first-order valence-electron chi connectivity index (χ1n) is 6.88. The lowest BCUT2D eigenvalue weighted by molar-refractivity contribution is -0.692. The standard InChI is InChI=1S/C15H16ClN5/c1-10(2)21-9-18-12-13(19-15(16)20-14(12)21)17-8-11-6-4-3-5-7-11/h3-7,9-10H,8H2,1-2H3,(H,17,19,20)/p+1. The molecule has 0 unspecified atom stereocenters. The number of fused-ring (bicyclic) bond motifs is 1. The van der Waals surface area contributed by atoms with E-state index in [0.717, 1.165) is 11.2 Å². The molecule has 2 heterocycles. The Balaban J connectivity index is 1.95. The predicted molar refractivity (Wildman–Crippen MR) is 83.2 cm³/mol. The van der Waals surface area contributed by atoms with Gasteiger partial charge in [-0.2, -0.15) is 4.98 Å². The number of hydrogen-bond donors (Lipinski definition) is 2. The monoisotopic (exact) mass is 302 g/mol. The summed E-state index contributed by atoms with van der Waals surface area (Å²) in [7, 11) is 0. The Bertz CT molecular complexity index is 751. The summed E-state index contributed by atoms with van der Waals surface area (Å²) in [5.41, 5.74) is 2.85. The van der Waals surface area contributed by atoms with Gasteiger partial charge in [-0.25, -0.2) is 4.57 Å². The molecular weight excluding hydrogens is 286 g/mol. The smallest absolute Gasteiger partial charge is 0.309 e. The van der Waals surface area contributed by atoms with Crippen LogP contribution in [0.2, 0.25) is 5.28 Å². The average Bonchev–Trinajstić information content (AvgIpc) is 2.89. The summed E-state index contributed by atoms with van der Waals surface area (Å²) in [6, 6.07) is 10.5. The summed E-state index contributed by atoms with van der Waals surface area (Å²) >= 11 is 6.05. The summed E-state index contributed by atoms with van der Waals surface area (Å²) < 4.78 is 2.04. The molecule has 0 spiro atoms. The second-order valence-corrected chi connectivity index (χ2v) is 5.49. The van der Waals surface area contributed by atoms with Crippen LogP contribution in [0.5, 0.6) is 0 Å². The third-order valence-corrected chi connectivity index (χ3v) is 3.48. The number of nitrogens with zero attached hydrogens (tertiary/aromatic N) is 3. The van der Waals surface area contributed by atoms with Gasteiger partial charge in [-0.3, -0.25) is 4.98 Å². The Morgan fingerprint density at radius 1 is 1.24 bits per heavy atom. The maximum Gasteiger partial charge on any atom is 0.309 e. The van der Waals surface area contributed by atoms with E-state index in [4.69, 9.17) is 11.6 Å². The fraction of sp³-hybridized carbons (Fsp3) is 0.267. The Labute approximate surface area is 128 Å². The van der Waals surface area contributed by atoms with E-state index in [9.17, 15) is 0 Å².